The van der Waals surface area contributed by atoms with Crippen LogP contribution >= 0.6 is 0 Å². The number of methoxy groups -OCH3 is 1. The summed E-state index contributed by atoms with van der Waals surface area (Å²) >= 11 is 0. The van der Waals surface area contributed by atoms with Gasteiger partial charge in [-0.05, 0) is 24.8 Å². The standard InChI is InChI=1S/C15H20F2N2O2S/c1-21-14-12(9-13(10-18-14)19-22(2)20)4-3-11-5-7-15(16,17)8-6-11/h3-4,9-11,19H,5-8H2,1-2H3/b4-3+. The number of nitrogens with one attached hydrogen (secondary N) is 1. The minimum atomic E-state index is -2.52. The lowest BCUT2D eigenvalue weighted by atomic mass is 9.86. The molecule has 0 bridgehead atoms. The minimum Gasteiger partial charge on any atom is -0.481 e. The number of halogens is 2. The van der Waals surface area contributed by atoms with Crippen molar-refractivity contribution in [2.24, 2.45) is 5.92 Å². The molecule has 0 aromatic carbocycles. The maximum atomic E-state index is 13.1. The molecule has 1 heterocycles. The van der Waals surface area contributed by atoms with Crippen LogP contribution < -0.4 is 9.46 Å². The third-order valence-electron chi connectivity index (χ3n) is 3.64. The van der Waals surface area contributed by atoms with Crippen LogP contribution in [-0.2, 0) is 11.0 Å². The Bertz CT molecular complexity index is 569. The van der Waals surface area contributed by atoms with Gasteiger partial charge in [-0.15, -0.1) is 0 Å². The van der Waals surface area contributed by atoms with Crippen LogP contribution in [0.15, 0.2) is 18.3 Å². The van der Waals surface area contributed by atoms with Crippen LogP contribution in [0.5, 0.6) is 5.88 Å². The first kappa shape index (κ1) is 16.9. The van der Waals surface area contributed by atoms with Gasteiger partial charge in [-0.3, -0.25) is 0 Å². The summed E-state index contributed by atoms with van der Waals surface area (Å²) in [7, 11) is 0.331. The molecule has 1 saturated carbocycles. The van der Waals surface area contributed by atoms with Crippen LogP contribution in [0.2, 0.25) is 0 Å². The fourth-order valence-corrected chi connectivity index (χ4v) is 2.92. The largest absolute Gasteiger partial charge is 0.481 e. The molecule has 7 heteroatoms. The van der Waals surface area contributed by atoms with Crippen LogP contribution in [0.4, 0.5) is 14.5 Å². The molecular formula is C15H20F2N2O2S. The van der Waals surface area contributed by atoms with E-state index >= 15 is 0 Å². The quantitative estimate of drug-likeness (QED) is 0.897. The number of anilines is 1. The molecule has 2 rings (SSSR count). The molecular weight excluding hydrogens is 310 g/mol. The minimum absolute atomic E-state index is 0.0617. The highest BCUT2D eigenvalue weighted by Crippen LogP contribution is 2.37. The van der Waals surface area contributed by atoms with E-state index in [2.05, 4.69) is 9.71 Å². The maximum absolute atomic E-state index is 13.1. The monoisotopic (exact) mass is 330 g/mol. The smallest absolute Gasteiger partial charge is 0.248 e. The van der Waals surface area contributed by atoms with Gasteiger partial charge in [0.15, 0.2) is 0 Å². The Balaban J connectivity index is 2.10. The van der Waals surface area contributed by atoms with Gasteiger partial charge >= 0.3 is 0 Å². The summed E-state index contributed by atoms with van der Waals surface area (Å²) < 4.78 is 45.4. The molecule has 1 atom stereocenters. The number of nitrogens with zero attached hydrogens (tertiary/aromatic N) is 1. The van der Waals surface area contributed by atoms with Crippen molar-refractivity contribution in [1.29, 1.82) is 0 Å². The number of hydrogen-bond donors (Lipinski definition) is 1. The first-order chi connectivity index (χ1) is 10.4. The van der Waals surface area contributed by atoms with Crippen LogP contribution in [0.3, 0.4) is 0 Å². The highest BCUT2D eigenvalue weighted by Gasteiger charge is 2.33. The Kier molecular flexibility index (Phi) is 5.50. The molecule has 0 saturated heterocycles. The Morgan fingerprint density at radius 2 is 2.14 bits per heavy atom. The van der Waals surface area contributed by atoms with Crippen LogP contribution in [-0.4, -0.2) is 28.5 Å². The summed E-state index contributed by atoms with van der Waals surface area (Å²) in [5.41, 5.74) is 1.35. The SMILES string of the molecule is COc1ncc(NS(C)=O)cc1/C=C/C1CCC(F)(F)CC1. The second-order valence-corrected chi connectivity index (χ2v) is 6.54. The second kappa shape index (κ2) is 7.17. The zero-order valence-corrected chi connectivity index (χ0v) is 13.5. The first-order valence-electron chi connectivity index (χ1n) is 7.10. The van der Waals surface area contributed by atoms with Gasteiger partial charge in [0.1, 0.15) is 11.0 Å². The molecule has 0 amide bonds. The summed E-state index contributed by atoms with van der Waals surface area (Å²) in [4.78, 5) is 4.15. The molecule has 0 spiro atoms. The lowest BCUT2D eigenvalue weighted by molar-refractivity contribution is -0.0410. The molecule has 1 aromatic heterocycles. The number of rotatable bonds is 5. The summed E-state index contributed by atoms with van der Waals surface area (Å²) in [6.07, 6.45) is 7.68. The zero-order valence-electron chi connectivity index (χ0n) is 12.6. The van der Waals surface area contributed by atoms with E-state index in [0.717, 1.165) is 5.56 Å². The van der Waals surface area contributed by atoms with E-state index in [1.165, 1.54) is 13.4 Å². The Labute approximate surface area is 131 Å². The van der Waals surface area contributed by atoms with E-state index in [9.17, 15) is 13.0 Å². The third-order valence-corrected chi connectivity index (χ3v) is 4.17. The molecule has 1 aromatic rings. The second-order valence-electron chi connectivity index (χ2n) is 5.43. The van der Waals surface area contributed by atoms with Gasteiger partial charge in [0.25, 0.3) is 0 Å². The van der Waals surface area contributed by atoms with E-state index in [0.29, 0.717) is 24.4 Å². The van der Waals surface area contributed by atoms with Crippen molar-refractivity contribution in [3.63, 3.8) is 0 Å². The number of alkyl halides is 2. The van der Waals surface area contributed by atoms with E-state index < -0.39 is 16.9 Å². The molecule has 1 aliphatic carbocycles. The number of allylic oxidation sites excluding steroid dienone is 1. The van der Waals surface area contributed by atoms with Gasteiger partial charge in [0.2, 0.25) is 11.8 Å². The van der Waals surface area contributed by atoms with Crippen LogP contribution in [0, 0.1) is 5.92 Å². The van der Waals surface area contributed by atoms with Crippen LogP contribution in [0.1, 0.15) is 31.2 Å². The average Bonchev–Trinajstić information content (AvgIpc) is 2.46. The Hall–Kier alpha value is -1.50. The number of ether oxygens (including phenoxy) is 1. The van der Waals surface area contributed by atoms with Gasteiger partial charge in [-0.1, -0.05) is 12.2 Å². The highest BCUT2D eigenvalue weighted by atomic mass is 32.2. The number of aromatic nitrogens is 1. The molecule has 4 nitrogen and oxygen atoms in total. The molecule has 0 radical (unpaired) electrons. The van der Waals surface area contributed by atoms with E-state index in [1.54, 1.807) is 12.3 Å². The maximum Gasteiger partial charge on any atom is 0.248 e. The normalized spacial score (nSPS) is 20.0. The lowest BCUT2D eigenvalue weighted by Gasteiger charge is -2.26. The fourth-order valence-electron chi connectivity index (χ4n) is 2.48. The van der Waals surface area contributed by atoms with E-state index in [4.69, 9.17) is 4.74 Å². The van der Waals surface area contributed by atoms with Gasteiger partial charge in [0.05, 0.1) is 19.0 Å². The first-order valence-corrected chi connectivity index (χ1v) is 8.65. The third kappa shape index (κ3) is 4.76. The van der Waals surface area contributed by atoms with Gasteiger partial charge in [0, 0.05) is 24.7 Å². The lowest BCUT2D eigenvalue weighted by Crippen LogP contribution is -2.23. The highest BCUT2D eigenvalue weighted by molar-refractivity contribution is 7.85. The summed E-state index contributed by atoms with van der Waals surface area (Å²) in [5.74, 6) is -1.93. The molecule has 122 valence electrons. The summed E-state index contributed by atoms with van der Waals surface area (Å²) in [5, 5.41) is 0. The topological polar surface area (TPSA) is 51.2 Å². The predicted octanol–water partition coefficient (Wildman–Crippen LogP) is 3.63. The van der Waals surface area contributed by atoms with Crippen molar-refractivity contribution in [3.8, 4) is 5.88 Å². The van der Waals surface area contributed by atoms with E-state index in [1.807, 2.05) is 12.2 Å². The van der Waals surface area contributed by atoms with Crippen molar-refractivity contribution in [2.45, 2.75) is 31.6 Å². The van der Waals surface area contributed by atoms with Gasteiger partial charge < -0.3 is 9.46 Å². The number of pyridine rings is 1. The molecule has 1 fully saturated rings. The van der Waals surface area contributed by atoms with Crippen molar-refractivity contribution < 1.29 is 17.7 Å². The molecule has 1 N–H and O–H groups in total. The fraction of sp³-hybridized carbons (Fsp3) is 0.533. The van der Waals surface area contributed by atoms with Crippen molar-refractivity contribution in [1.82, 2.24) is 4.98 Å². The van der Waals surface area contributed by atoms with Crippen molar-refractivity contribution >= 4 is 22.7 Å². The number of hydrogen-bond acceptors (Lipinski definition) is 3. The zero-order chi connectivity index (χ0) is 16.2. The van der Waals surface area contributed by atoms with Crippen LogP contribution in [0.25, 0.3) is 6.08 Å². The molecule has 1 aliphatic rings. The van der Waals surface area contributed by atoms with E-state index in [-0.39, 0.29) is 18.8 Å². The average molecular weight is 330 g/mol. The summed E-state index contributed by atoms with van der Waals surface area (Å²) in [6.45, 7) is 0. The van der Waals surface area contributed by atoms with Crippen molar-refractivity contribution in [3.05, 3.63) is 23.9 Å². The summed E-state index contributed by atoms with van der Waals surface area (Å²) in [6, 6.07) is 1.78. The molecule has 22 heavy (non-hydrogen) atoms. The Morgan fingerprint density at radius 1 is 1.45 bits per heavy atom. The van der Waals surface area contributed by atoms with Gasteiger partial charge in [-0.2, -0.15) is 0 Å². The molecule has 1 unspecified atom stereocenters. The van der Waals surface area contributed by atoms with Gasteiger partial charge in [-0.25, -0.2) is 18.0 Å². The Morgan fingerprint density at radius 3 is 2.73 bits per heavy atom. The molecule has 0 aliphatic heterocycles. The van der Waals surface area contributed by atoms with Crippen molar-refractivity contribution in [2.75, 3.05) is 18.1 Å². The predicted molar refractivity (Wildman–Crippen MR) is 84.4 cm³/mol.